The van der Waals surface area contributed by atoms with Crippen molar-refractivity contribution >= 4 is 34.3 Å². The van der Waals surface area contributed by atoms with Gasteiger partial charge < -0.3 is 5.32 Å². The van der Waals surface area contributed by atoms with Gasteiger partial charge in [-0.1, -0.05) is 55.5 Å². The zero-order valence-electron chi connectivity index (χ0n) is 23.1. The second kappa shape index (κ2) is 11.6. The molecule has 1 aromatic heterocycles. The number of hydrogen-bond donors (Lipinski definition) is 1. The highest BCUT2D eigenvalue weighted by Crippen LogP contribution is 2.30. The lowest BCUT2D eigenvalue weighted by molar-refractivity contribution is -0.128. The third-order valence-electron chi connectivity index (χ3n) is 7.08. The lowest BCUT2D eigenvalue weighted by atomic mass is 9.97. The monoisotopic (exact) mass is 525 g/mol. The number of nitrogens with zero attached hydrogens (tertiary/aromatic N) is 4. The maximum atomic E-state index is 14.1. The molecule has 1 heterocycles. The molecule has 39 heavy (non-hydrogen) atoms. The number of anilines is 1. The molecule has 202 valence electrons. The number of ketones is 1. The molecule has 0 fully saturated rings. The largest absolute Gasteiger partial charge is 0.349 e. The average Bonchev–Trinajstić information content (AvgIpc) is 3.34. The Bertz CT molecular complexity index is 1470. The highest BCUT2D eigenvalue weighted by Gasteiger charge is 2.35. The third-order valence-corrected chi connectivity index (χ3v) is 7.08. The molecule has 0 spiro atoms. The number of fused-ring (bicyclic) bond motifs is 1. The van der Waals surface area contributed by atoms with Crippen LogP contribution in [0.15, 0.2) is 72.8 Å². The van der Waals surface area contributed by atoms with Crippen LogP contribution in [0.5, 0.6) is 0 Å². The first-order valence-corrected chi connectivity index (χ1v) is 13.3. The number of nitrogens with one attached hydrogen (secondary N) is 1. The summed E-state index contributed by atoms with van der Waals surface area (Å²) in [6.45, 7) is 9.35. The number of carbonyl (C=O) groups is 3. The summed E-state index contributed by atoms with van der Waals surface area (Å²) < 4.78 is 1.54. The first-order chi connectivity index (χ1) is 18.6. The second-order valence-electron chi connectivity index (χ2n) is 10.3. The Labute approximate surface area is 229 Å². The molecule has 0 saturated carbocycles. The van der Waals surface area contributed by atoms with E-state index >= 15 is 0 Å². The second-order valence-corrected chi connectivity index (χ2v) is 10.3. The van der Waals surface area contributed by atoms with Gasteiger partial charge in [0, 0.05) is 16.8 Å². The van der Waals surface area contributed by atoms with Crippen molar-refractivity contribution < 1.29 is 14.4 Å². The zero-order chi connectivity index (χ0) is 28.2. The number of rotatable bonds is 10. The van der Waals surface area contributed by atoms with E-state index < -0.39 is 11.6 Å². The molecule has 8 heteroatoms. The first-order valence-electron chi connectivity index (χ1n) is 13.3. The fourth-order valence-corrected chi connectivity index (χ4v) is 4.38. The van der Waals surface area contributed by atoms with Crippen molar-refractivity contribution in [2.24, 2.45) is 0 Å². The molecule has 3 aromatic carbocycles. The van der Waals surface area contributed by atoms with Gasteiger partial charge in [-0.25, -0.2) is 4.68 Å². The number of benzene rings is 3. The first kappa shape index (κ1) is 27.7. The van der Waals surface area contributed by atoms with Crippen molar-refractivity contribution in [3.05, 3.63) is 89.5 Å². The number of carbonyl (C=O) groups excluding carboxylic acids is 3. The van der Waals surface area contributed by atoms with Crippen molar-refractivity contribution in [1.29, 1.82) is 0 Å². The number of para-hydroxylation sites is 1. The molecule has 1 N–H and O–H groups in total. The minimum atomic E-state index is -0.952. The zero-order valence-corrected chi connectivity index (χ0v) is 23.1. The van der Waals surface area contributed by atoms with Crippen LogP contribution in [0.2, 0.25) is 0 Å². The summed E-state index contributed by atoms with van der Waals surface area (Å²) in [6, 6.07) is 21.0. The number of aromatic nitrogens is 3. The predicted octanol–water partition coefficient (Wildman–Crippen LogP) is 5.28. The van der Waals surface area contributed by atoms with Gasteiger partial charge >= 0.3 is 0 Å². The lowest BCUT2D eigenvalue weighted by Gasteiger charge is -2.34. The van der Waals surface area contributed by atoms with Crippen LogP contribution in [0.1, 0.15) is 68.6 Å². The summed E-state index contributed by atoms with van der Waals surface area (Å²) in [7, 11) is 0. The van der Waals surface area contributed by atoms with Crippen LogP contribution in [0.3, 0.4) is 0 Å². The van der Waals surface area contributed by atoms with Gasteiger partial charge in [-0.3, -0.25) is 19.3 Å². The molecule has 4 aromatic rings. The minimum Gasteiger partial charge on any atom is -0.349 e. The van der Waals surface area contributed by atoms with E-state index in [-0.39, 0.29) is 24.1 Å². The third kappa shape index (κ3) is 6.22. The summed E-state index contributed by atoms with van der Waals surface area (Å²) in [6.07, 6.45) is 1.57. The number of aryl methyl sites for hydroxylation is 1. The molecule has 0 radical (unpaired) electrons. The van der Waals surface area contributed by atoms with Crippen molar-refractivity contribution in [3.8, 4) is 0 Å². The van der Waals surface area contributed by atoms with E-state index in [4.69, 9.17) is 0 Å². The van der Waals surface area contributed by atoms with Crippen LogP contribution in [-0.4, -0.2) is 38.1 Å². The summed E-state index contributed by atoms with van der Waals surface area (Å²) in [4.78, 5) is 41.6. The maximum absolute atomic E-state index is 14.1. The Hall–Kier alpha value is -4.33. The SMILES string of the molecule is CCc1ccc([C@@H](C(=O)NC(C)(C)CC)N(C(=O)Cn2nnc3ccccc32)c2ccc(C(C)=O)cc2)cc1. The van der Waals surface area contributed by atoms with Gasteiger partial charge in [0.2, 0.25) is 11.8 Å². The van der Waals surface area contributed by atoms with E-state index in [0.717, 1.165) is 17.5 Å². The van der Waals surface area contributed by atoms with Crippen molar-refractivity contribution in [2.75, 3.05) is 4.90 Å². The van der Waals surface area contributed by atoms with Gasteiger partial charge in [-0.15, -0.1) is 5.10 Å². The van der Waals surface area contributed by atoms with E-state index in [1.165, 1.54) is 11.8 Å². The number of amides is 2. The molecule has 0 aliphatic rings. The Kier molecular flexibility index (Phi) is 8.24. The average molecular weight is 526 g/mol. The van der Waals surface area contributed by atoms with Gasteiger partial charge in [0.15, 0.2) is 5.78 Å². The van der Waals surface area contributed by atoms with E-state index in [2.05, 4.69) is 22.6 Å². The van der Waals surface area contributed by atoms with Crippen molar-refractivity contribution in [2.45, 2.75) is 65.6 Å². The predicted molar refractivity (Wildman–Crippen MR) is 153 cm³/mol. The fraction of sp³-hybridized carbons (Fsp3) is 0.323. The summed E-state index contributed by atoms with van der Waals surface area (Å²) in [5, 5.41) is 11.5. The van der Waals surface area contributed by atoms with Crippen LogP contribution < -0.4 is 10.2 Å². The topological polar surface area (TPSA) is 97.2 Å². The molecule has 0 unspecified atom stereocenters. The standard InChI is InChI=1S/C31H35N5O3/c1-6-22-12-14-24(15-13-22)29(30(39)32-31(4,5)7-2)36(25-18-16-23(17-19-25)21(3)37)28(38)20-35-27-11-9-8-10-26(27)33-34-35/h8-19,29H,6-7,20H2,1-5H3,(H,32,39)/t29-/m0/s1. The van der Waals surface area contributed by atoms with Gasteiger partial charge in [0.25, 0.3) is 0 Å². The molecular formula is C31H35N5O3. The minimum absolute atomic E-state index is 0.0809. The van der Waals surface area contributed by atoms with Gasteiger partial charge in [-0.2, -0.15) is 0 Å². The van der Waals surface area contributed by atoms with E-state index in [9.17, 15) is 14.4 Å². The molecule has 0 aliphatic carbocycles. The molecule has 8 nitrogen and oxygen atoms in total. The lowest BCUT2D eigenvalue weighted by Crippen LogP contribution is -2.51. The quantitative estimate of drug-likeness (QED) is 0.284. The fourth-order valence-electron chi connectivity index (χ4n) is 4.38. The molecule has 0 bridgehead atoms. The number of hydrogen-bond acceptors (Lipinski definition) is 5. The maximum Gasteiger partial charge on any atom is 0.249 e. The van der Waals surface area contributed by atoms with E-state index in [0.29, 0.717) is 28.8 Å². The summed E-state index contributed by atoms with van der Waals surface area (Å²) >= 11 is 0. The molecule has 4 rings (SSSR count). The Morgan fingerprint density at radius 1 is 0.949 bits per heavy atom. The summed E-state index contributed by atoms with van der Waals surface area (Å²) in [5.41, 5.74) is 3.76. The molecule has 0 saturated heterocycles. The molecule has 1 atom stereocenters. The molecule has 2 amide bonds. The van der Waals surface area contributed by atoms with Gasteiger partial charge in [0.1, 0.15) is 18.1 Å². The van der Waals surface area contributed by atoms with Crippen LogP contribution in [-0.2, 0) is 22.6 Å². The Morgan fingerprint density at radius 2 is 1.62 bits per heavy atom. The smallest absolute Gasteiger partial charge is 0.249 e. The number of Topliss-reactive ketones (excluding diaryl/α,β-unsaturated/α-hetero) is 1. The van der Waals surface area contributed by atoms with Gasteiger partial charge in [0.05, 0.1) is 5.52 Å². The van der Waals surface area contributed by atoms with Crippen LogP contribution >= 0.6 is 0 Å². The molecular weight excluding hydrogens is 490 g/mol. The molecule has 0 aliphatic heterocycles. The summed E-state index contributed by atoms with van der Waals surface area (Å²) in [5.74, 6) is -0.712. The van der Waals surface area contributed by atoms with Crippen LogP contribution in [0.25, 0.3) is 11.0 Å². The normalized spacial score (nSPS) is 12.2. The highest BCUT2D eigenvalue weighted by molar-refractivity contribution is 6.02. The Morgan fingerprint density at radius 3 is 2.23 bits per heavy atom. The van der Waals surface area contributed by atoms with Crippen molar-refractivity contribution in [3.63, 3.8) is 0 Å². The van der Waals surface area contributed by atoms with Crippen LogP contribution in [0.4, 0.5) is 5.69 Å². The van der Waals surface area contributed by atoms with Crippen LogP contribution in [0, 0.1) is 0 Å². The van der Waals surface area contributed by atoms with E-state index in [1.807, 2.05) is 69.3 Å². The van der Waals surface area contributed by atoms with E-state index in [1.54, 1.807) is 28.9 Å². The Balaban J connectivity index is 1.83. The van der Waals surface area contributed by atoms with Crippen molar-refractivity contribution in [1.82, 2.24) is 20.3 Å². The van der Waals surface area contributed by atoms with Gasteiger partial charge in [-0.05, 0) is 81.1 Å². The highest BCUT2D eigenvalue weighted by atomic mass is 16.2.